The van der Waals surface area contributed by atoms with Crippen LogP contribution in [0.5, 0.6) is 11.5 Å². The molecule has 0 radical (unpaired) electrons. The van der Waals surface area contributed by atoms with Crippen LogP contribution in [0, 0.1) is 0 Å². The number of nitrogens with one attached hydrogen (secondary N) is 1. The normalized spacial score (nSPS) is 17.9. The summed E-state index contributed by atoms with van der Waals surface area (Å²) in [6, 6.07) is 20.4. The van der Waals surface area contributed by atoms with Crippen LogP contribution in [-0.4, -0.2) is 78.7 Å². The highest BCUT2D eigenvalue weighted by molar-refractivity contribution is 6.31. The van der Waals surface area contributed by atoms with Gasteiger partial charge in [-0.1, -0.05) is 35.3 Å². The van der Waals surface area contributed by atoms with Gasteiger partial charge in [-0.2, -0.15) is 0 Å². The summed E-state index contributed by atoms with van der Waals surface area (Å²) >= 11 is 12.4. The number of likely N-dealkylation sites (N-methyl/N-ethyl adjacent to an activating group) is 1. The fourth-order valence-corrected chi connectivity index (χ4v) is 6.06. The first-order valence-corrected chi connectivity index (χ1v) is 14.9. The molecule has 1 fully saturated rings. The Bertz CT molecular complexity index is 1500. The summed E-state index contributed by atoms with van der Waals surface area (Å²) in [6.07, 6.45) is 1.26. The lowest BCUT2D eigenvalue weighted by Gasteiger charge is -2.35. The molecule has 0 spiro atoms. The minimum Gasteiger partial charge on any atom is -0.494 e. The fourth-order valence-electron chi connectivity index (χ4n) is 5.76. The number of nitrogens with zero attached hydrogens (tertiary/aromatic N) is 3. The van der Waals surface area contributed by atoms with Crippen molar-refractivity contribution in [3.63, 3.8) is 0 Å². The standard InChI is InChI=1S/C32H34Cl2N4O3/c1-36-16-18-37(19-17-36)14-2-20-40-25-8-3-22(4-9-25)31-30-27(28-21-24(34)7-12-29(28)35-30)13-15-38(31)32(39)41-26-10-5-23(33)6-11-26/h3-12,21,31,35H,2,13-20H2,1H3. The van der Waals surface area contributed by atoms with E-state index in [0.29, 0.717) is 35.4 Å². The van der Waals surface area contributed by atoms with E-state index in [1.54, 1.807) is 29.2 Å². The second-order valence-electron chi connectivity index (χ2n) is 10.8. The number of hydrogen-bond donors (Lipinski definition) is 1. The molecule has 1 saturated heterocycles. The Kier molecular flexibility index (Phi) is 8.40. The van der Waals surface area contributed by atoms with Crippen molar-refractivity contribution in [1.82, 2.24) is 19.7 Å². The molecule has 0 aliphatic carbocycles. The SMILES string of the molecule is CN1CCN(CCCOc2ccc(C3c4[nH]c5ccc(Cl)cc5c4CCN3C(=O)Oc3ccc(Cl)cc3)cc2)CC1. The van der Waals surface area contributed by atoms with Crippen molar-refractivity contribution >= 4 is 40.2 Å². The monoisotopic (exact) mass is 592 g/mol. The van der Waals surface area contributed by atoms with Gasteiger partial charge in [-0.3, -0.25) is 4.90 Å². The number of ether oxygens (including phenoxy) is 2. The third kappa shape index (κ3) is 6.33. The molecule has 9 heteroatoms. The number of aromatic amines is 1. The Morgan fingerprint density at radius 3 is 2.37 bits per heavy atom. The van der Waals surface area contributed by atoms with Crippen molar-refractivity contribution in [2.75, 3.05) is 52.9 Å². The lowest BCUT2D eigenvalue weighted by atomic mass is 9.92. The number of hydrogen-bond acceptors (Lipinski definition) is 5. The van der Waals surface area contributed by atoms with Gasteiger partial charge >= 0.3 is 6.09 Å². The Morgan fingerprint density at radius 1 is 0.902 bits per heavy atom. The highest BCUT2D eigenvalue weighted by Crippen LogP contribution is 2.40. The van der Waals surface area contributed by atoms with E-state index in [1.807, 2.05) is 42.5 Å². The third-order valence-corrected chi connectivity index (χ3v) is 8.51. The number of H-pyrrole nitrogens is 1. The van der Waals surface area contributed by atoms with Crippen molar-refractivity contribution in [3.05, 3.63) is 93.6 Å². The lowest BCUT2D eigenvalue weighted by molar-refractivity contribution is 0.135. The molecule has 0 saturated carbocycles. The molecule has 1 amide bonds. The van der Waals surface area contributed by atoms with Crippen molar-refractivity contribution in [3.8, 4) is 11.5 Å². The molecule has 41 heavy (non-hydrogen) atoms. The molecule has 4 aromatic rings. The first-order valence-electron chi connectivity index (χ1n) is 14.1. The predicted octanol–water partition coefficient (Wildman–Crippen LogP) is 6.64. The van der Waals surface area contributed by atoms with Crippen molar-refractivity contribution in [2.24, 2.45) is 0 Å². The molecule has 1 aromatic heterocycles. The summed E-state index contributed by atoms with van der Waals surface area (Å²) in [4.78, 5) is 23.7. The molecule has 3 aromatic carbocycles. The maximum atomic E-state index is 13.5. The summed E-state index contributed by atoms with van der Waals surface area (Å²) in [5.74, 6) is 1.27. The van der Waals surface area contributed by atoms with E-state index in [-0.39, 0.29) is 6.04 Å². The highest BCUT2D eigenvalue weighted by Gasteiger charge is 2.35. The van der Waals surface area contributed by atoms with Gasteiger partial charge in [-0.25, -0.2) is 4.79 Å². The second kappa shape index (κ2) is 12.3. The molecule has 6 rings (SSSR count). The van der Waals surface area contributed by atoms with Gasteiger partial charge in [-0.05, 0) is 85.6 Å². The zero-order chi connectivity index (χ0) is 28.3. The quantitative estimate of drug-likeness (QED) is 0.244. The number of fused-ring (bicyclic) bond motifs is 3. The largest absolute Gasteiger partial charge is 0.494 e. The maximum Gasteiger partial charge on any atom is 0.416 e. The molecule has 3 heterocycles. The van der Waals surface area contributed by atoms with Crippen LogP contribution in [0.2, 0.25) is 10.0 Å². The van der Waals surface area contributed by atoms with E-state index >= 15 is 0 Å². The van der Waals surface area contributed by atoms with E-state index in [2.05, 4.69) is 21.8 Å². The fraction of sp³-hybridized carbons (Fsp3) is 0.344. The minimum atomic E-state index is -0.413. The Labute approximate surface area is 250 Å². The van der Waals surface area contributed by atoms with Crippen molar-refractivity contribution < 1.29 is 14.3 Å². The minimum absolute atomic E-state index is 0.351. The number of carbonyl (C=O) groups excluding carboxylic acids is 1. The highest BCUT2D eigenvalue weighted by atomic mass is 35.5. The molecule has 1 N–H and O–H groups in total. The molecule has 2 aliphatic heterocycles. The number of rotatable bonds is 7. The number of aromatic nitrogens is 1. The summed E-state index contributed by atoms with van der Waals surface area (Å²) in [7, 11) is 2.17. The molecule has 214 valence electrons. The predicted molar refractivity (Wildman–Crippen MR) is 164 cm³/mol. The molecular weight excluding hydrogens is 559 g/mol. The van der Waals surface area contributed by atoms with Crippen molar-refractivity contribution in [2.45, 2.75) is 18.9 Å². The van der Waals surface area contributed by atoms with Gasteiger partial charge in [0.25, 0.3) is 0 Å². The first kappa shape index (κ1) is 27.9. The molecule has 1 unspecified atom stereocenters. The molecular formula is C32H34Cl2N4O3. The molecule has 2 aliphatic rings. The first-order chi connectivity index (χ1) is 19.9. The average Bonchev–Trinajstić information content (AvgIpc) is 3.35. The topological polar surface area (TPSA) is 61.0 Å². The summed E-state index contributed by atoms with van der Waals surface area (Å²) in [5, 5.41) is 2.36. The molecule has 0 bridgehead atoms. The smallest absolute Gasteiger partial charge is 0.416 e. The van der Waals surface area contributed by atoms with Gasteiger partial charge in [0, 0.05) is 65.9 Å². The zero-order valence-corrected chi connectivity index (χ0v) is 24.6. The second-order valence-corrected chi connectivity index (χ2v) is 11.7. The van der Waals surface area contributed by atoms with Crippen LogP contribution in [0.4, 0.5) is 4.79 Å². The number of carbonyl (C=O) groups is 1. The summed E-state index contributed by atoms with van der Waals surface area (Å²) in [6.45, 7) is 6.70. The zero-order valence-electron chi connectivity index (χ0n) is 23.1. The van der Waals surface area contributed by atoms with Crippen molar-refractivity contribution in [1.29, 1.82) is 0 Å². The van der Waals surface area contributed by atoms with Gasteiger partial charge in [0.05, 0.1) is 6.61 Å². The average molecular weight is 594 g/mol. The maximum absolute atomic E-state index is 13.5. The van der Waals surface area contributed by atoms with Crippen LogP contribution < -0.4 is 9.47 Å². The van der Waals surface area contributed by atoms with E-state index in [9.17, 15) is 4.79 Å². The van der Waals surface area contributed by atoms with Crippen LogP contribution in [0.25, 0.3) is 10.9 Å². The van der Waals surface area contributed by atoms with Gasteiger partial charge in [0.2, 0.25) is 0 Å². The van der Waals surface area contributed by atoms with E-state index < -0.39 is 6.09 Å². The lowest BCUT2D eigenvalue weighted by Crippen LogP contribution is -2.44. The van der Waals surface area contributed by atoms with Gasteiger partial charge < -0.3 is 24.3 Å². The Morgan fingerprint density at radius 2 is 1.61 bits per heavy atom. The number of halogens is 2. The Hall–Kier alpha value is -3.23. The Balaban J connectivity index is 1.20. The molecule has 1 atom stereocenters. The van der Waals surface area contributed by atoms with Crippen LogP contribution in [0.1, 0.15) is 29.3 Å². The summed E-state index contributed by atoms with van der Waals surface area (Å²) < 4.78 is 11.9. The van der Waals surface area contributed by atoms with Crippen LogP contribution in [-0.2, 0) is 6.42 Å². The van der Waals surface area contributed by atoms with E-state index in [4.69, 9.17) is 32.7 Å². The number of piperazine rings is 1. The molecule has 7 nitrogen and oxygen atoms in total. The van der Waals surface area contributed by atoms with E-state index in [1.165, 1.54) is 5.56 Å². The van der Waals surface area contributed by atoms with Crippen LogP contribution in [0.15, 0.2) is 66.7 Å². The van der Waals surface area contributed by atoms with E-state index in [0.717, 1.165) is 67.1 Å². The van der Waals surface area contributed by atoms with Gasteiger partial charge in [0.1, 0.15) is 17.5 Å². The number of benzene rings is 3. The van der Waals surface area contributed by atoms with Gasteiger partial charge in [-0.15, -0.1) is 0 Å². The van der Waals surface area contributed by atoms with Gasteiger partial charge in [0.15, 0.2) is 0 Å². The third-order valence-electron chi connectivity index (χ3n) is 8.02. The van der Waals surface area contributed by atoms with Crippen LogP contribution in [0.3, 0.4) is 0 Å². The summed E-state index contributed by atoms with van der Waals surface area (Å²) in [5.41, 5.74) is 4.12. The van der Waals surface area contributed by atoms with Crippen LogP contribution >= 0.6 is 23.2 Å². The number of amides is 1.